The van der Waals surface area contributed by atoms with Crippen molar-refractivity contribution >= 4 is 17.5 Å². The van der Waals surface area contributed by atoms with Crippen LogP contribution < -0.4 is 9.64 Å². The van der Waals surface area contributed by atoms with E-state index in [1.54, 1.807) is 11.8 Å². The SMILES string of the molecule is CC1Oc2ccccc2N(CCC(=O)N2CCN(CC3CCCO3)CC2)C1=O. The van der Waals surface area contributed by atoms with Crippen molar-refractivity contribution in [2.75, 3.05) is 50.8 Å². The van der Waals surface area contributed by atoms with Crippen LogP contribution in [-0.2, 0) is 14.3 Å². The van der Waals surface area contributed by atoms with Gasteiger partial charge >= 0.3 is 0 Å². The third-order valence-corrected chi connectivity index (χ3v) is 5.83. The van der Waals surface area contributed by atoms with E-state index in [2.05, 4.69) is 4.90 Å². The molecular formula is C21H29N3O4. The third kappa shape index (κ3) is 4.15. The molecule has 0 aromatic heterocycles. The van der Waals surface area contributed by atoms with Gasteiger partial charge in [-0.15, -0.1) is 0 Å². The lowest BCUT2D eigenvalue weighted by molar-refractivity contribution is -0.133. The highest BCUT2D eigenvalue weighted by Gasteiger charge is 2.32. The summed E-state index contributed by atoms with van der Waals surface area (Å²) in [5, 5.41) is 0. The molecule has 3 aliphatic rings. The van der Waals surface area contributed by atoms with Crippen LogP contribution in [0.25, 0.3) is 0 Å². The minimum absolute atomic E-state index is 0.0899. The van der Waals surface area contributed by atoms with Crippen LogP contribution in [0, 0.1) is 0 Å². The zero-order valence-corrected chi connectivity index (χ0v) is 16.5. The highest BCUT2D eigenvalue weighted by atomic mass is 16.5. The molecule has 1 aromatic rings. The summed E-state index contributed by atoms with van der Waals surface area (Å²) in [4.78, 5) is 31.3. The lowest BCUT2D eigenvalue weighted by atomic mass is 10.1. The van der Waals surface area contributed by atoms with E-state index in [-0.39, 0.29) is 11.8 Å². The Balaban J connectivity index is 1.28. The number of fused-ring (bicyclic) bond motifs is 1. The maximum Gasteiger partial charge on any atom is 0.267 e. The molecule has 0 bridgehead atoms. The fourth-order valence-electron chi connectivity index (χ4n) is 4.21. The number of nitrogens with zero attached hydrogens (tertiary/aromatic N) is 3. The lowest BCUT2D eigenvalue weighted by Gasteiger charge is -2.36. The highest BCUT2D eigenvalue weighted by molar-refractivity contribution is 6.00. The van der Waals surface area contributed by atoms with Gasteiger partial charge in [-0.05, 0) is 31.9 Å². The van der Waals surface area contributed by atoms with Crippen molar-refractivity contribution in [1.82, 2.24) is 9.80 Å². The summed E-state index contributed by atoms with van der Waals surface area (Å²) in [6, 6.07) is 7.50. The van der Waals surface area contributed by atoms with Gasteiger partial charge in [-0.3, -0.25) is 14.5 Å². The largest absolute Gasteiger partial charge is 0.479 e. The van der Waals surface area contributed by atoms with Crippen LogP contribution in [0.15, 0.2) is 24.3 Å². The summed E-state index contributed by atoms with van der Waals surface area (Å²) in [5.74, 6) is 0.721. The third-order valence-electron chi connectivity index (χ3n) is 5.83. The first kappa shape index (κ1) is 19.2. The molecule has 2 amide bonds. The average Bonchev–Trinajstić information content (AvgIpc) is 3.22. The number of carbonyl (C=O) groups excluding carboxylic acids is 2. The van der Waals surface area contributed by atoms with Crippen molar-refractivity contribution in [1.29, 1.82) is 0 Å². The number of benzene rings is 1. The van der Waals surface area contributed by atoms with Gasteiger partial charge < -0.3 is 19.3 Å². The Hall–Kier alpha value is -2.12. The molecule has 3 heterocycles. The van der Waals surface area contributed by atoms with Gasteiger partial charge in [0.25, 0.3) is 5.91 Å². The second-order valence-corrected chi connectivity index (χ2v) is 7.78. The predicted molar refractivity (Wildman–Crippen MR) is 105 cm³/mol. The molecule has 2 atom stereocenters. The highest BCUT2D eigenvalue weighted by Crippen LogP contribution is 2.33. The number of carbonyl (C=O) groups is 2. The number of hydrogen-bond donors (Lipinski definition) is 0. The Labute approximate surface area is 166 Å². The van der Waals surface area contributed by atoms with E-state index in [9.17, 15) is 9.59 Å². The molecule has 2 unspecified atom stereocenters. The summed E-state index contributed by atoms with van der Waals surface area (Å²) >= 11 is 0. The molecule has 0 radical (unpaired) electrons. The van der Waals surface area contributed by atoms with Gasteiger partial charge in [0, 0.05) is 52.3 Å². The molecule has 0 spiro atoms. The predicted octanol–water partition coefficient (Wildman–Crippen LogP) is 1.51. The molecule has 0 aliphatic carbocycles. The Morgan fingerprint density at radius 1 is 1.18 bits per heavy atom. The van der Waals surface area contributed by atoms with E-state index in [0.717, 1.165) is 57.9 Å². The van der Waals surface area contributed by atoms with Gasteiger partial charge in [0.2, 0.25) is 5.91 Å². The normalized spacial score (nSPS) is 25.5. The molecule has 1 aromatic carbocycles. The molecule has 2 saturated heterocycles. The molecule has 7 heteroatoms. The van der Waals surface area contributed by atoms with E-state index >= 15 is 0 Å². The van der Waals surface area contributed by atoms with Crippen molar-refractivity contribution in [3.8, 4) is 5.75 Å². The molecule has 0 saturated carbocycles. The number of rotatable bonds is 5. The number of ether oxygens (including phenoxy) is 2. The van der Waals surface area contributed by atoms with Gasteiger partial charge in [0.15, 0.2) is 6.10 Å². The van der Waals surface area contributed by atoms with Crippen LogP contribution in [0.4, 0.5) is 5.69 Å². The Morgan fingerprint density at radius 3 is 2.71 bits per heavy atom. The van der Waals surface area contributed by atoms with Crippen molar-refractivity contribution < 1.29 is 19.1 Å². The number of amides is 2. The summed E-state index contributed by atoms with van der Waals surface area (Å²) in [6.07, 6.45) is 2.47. The molecule has 152 valence electrons. The van der Waals surface area contributed by atoms with Crippen LogP contribution in [0.2, 0.25) is 0 Å². The lowest BCUT2D eigenvalue weighted by Crippen LogP contribution is -2.51. The minimum Gasteiger partial charge on any atom is -0.479 e. The fraction of sp³-hybridized carbons (Fsp3) is 0.619. The number of para-hydroxylation sites is 2. The van der Waals surface area contributed by atoms with Gasteiger partial charge in [-0.1, -0.05) is 12.1 Å². The van der Waals surface area contributed by atoms with Gasteiger partial charge in [0.05, 0.1) is 11.8 Å². The maximum atomic E-state index is 12.7. The second-order valence-electron chi connectivity index (χ2n) is 7.78. The summed E-state index contributed by atoms with van der Waals surface area (Å²) in [7, 11) is 0. The first-order chi connectivity index (χ1) is 13.6. The van der Waals surface area contributed by atoms with Crippen LogP contribution >= 0.6 is 0 Å². The van der Waals surface area contributed by atoms with E-state index in [1.807, 2.05) is 29.2 Å². The molecule has 28 heavy (non-hydrogen) atoms. The van der Waals surface area contributed by atoms with Gasteiger partial charge in [-0.25, -0.2) is 0 Å². The first-order valence-corrected chi connectivity index (χ1v) is 10.3. The van der Waals surface area contributed by atoms with E-state index in [1.165, 1.54) is 0 Å². The standard InChI is InChI=1S/C21H29N3O4/c1-16-21(26)24(18-6-2-3-7-19(18)28-16)9-8-20(25)23-12-10-22(11-13-23)15-17-5-4-14-27-17/h2-3,6-7,16-17H,4-5,8-15H2,1H3. The molecule has 2 fully saturated rings. The van der Waals surface area contributed by atoms with Crippen molar-refractivity contribution in [3.63, 3.8) is 0 Å². The van der Waals surface area contributed by atoms with E-state index < -0.39 is 6.10 Å². The quantitative estimate of drug-likeness (QED) is 0.767. The zero-order valence-electron chi connectivity index (χ0n) is 16.5. The topological polar surface area (TPSA) is 62.3 Å². The molecule has 3 aliphatic heterocycles. The molecule has 7 nitrogen and oxygen atoms in total. The maximum absolute atomic E-state index is 12.7. The number of piperazine rings is 1. The number of anilines is 1. The second kappa shape index (κ2) is 8.49. The smallest absolute Gasteiger partial charge is 0.267 e. The van der Waals surface area contributed by atoms with Crippen LogP contribution in [0.3, 0.4) is 0 Å². The van der Waals surface area contributed by atoms with Crippen LogP contribution in [-0.4, -0.2) is 79.7 Å². The minimum atomic E-state index is -0.522. The summed E-state index contributed by atoms with van der Waals surface area (Å²) in [5.41, 5.74) is 0.750. The van der Waals surface area contributed by atoms with Gasteiger partial charge in [0.1, 0.15) is 5.75 Å². The monoisotopic (exact) mass is 387 g/mol. The Kier molecular flexibility index (Phi) is 5.82. The van der Waals surface area contributed by atoms with Gasteiger partial charge in [-0.2, -0.15) is 0 Å². The fourth-order valence-corrected chi connectivity index (χ4v) is 4.21. The van der Waals surface area contributed by atoms with Crippen LogP contribution in [0.5, 0.6) is 5.75 Å². The van der Waals surface area contributed by atoms with E-state index in [0.29, 0.717) is 24.8 Å². The van der Waals surface area contributed by atoms with Crippen molar-refractivity contribution in [2.24, 2.45) is 0 Å². The number of hydrogen-bond acceptors (Lipinski definition) is 5. The van der Waals surface area contributed by atoms with Crippen LogP contribution in [0.1, 0.15) is 26.2 Å². The Bertz CT molecular complexity index is 711. The van der Waals surface area contributed by atoms with Crippen molar-refractivity contribution in [2.45, 2.75) is 38.4 Å². The molecule has 4 rings (SSSR count). The molecule has 0 N–H and O–H groups in total. The van der Waals surface area contributed by atoms with Crippen molar-refractivity contribution in [3.05, 3.63) is 24.3 Å². The Morgan fingerprint density at radius 2 is 1.96 bits per heavy atom. The first-order valence-electron chi connectivity index (χ1n) is 10.3. The van der Waals surface area contributed by atoms with E-state index in [4.69, 9.17) is 9.47 Å². The average molecular weight is 387 g/mol. The zero-order chi connectivity index (χ0) is 19.5. The summed E-state index contributed by atoms with van der Waals surface area (Å²) in [6.45, 7) is 7.26. The summed E-state index contributed by atoms with van der Waals surface area (Å²) < 4.78 is 11.4. The molecular weight excluding hydrogens is 358 g/mol.